The molecule has 2 atom stereocenters. The van der Waals surface area contributed by atoms with E-state index in [0.29, 0.717) is 19.1 Å². The fourth-order valence-corrected chi connectivity index (χ4v) is 9.66. The topological polar surface area (TPSA) is 104 Å². The molecule has 2 saturated carbocycles. The monoisotopic (exact) mass is 737 g/mol. The van der Waals surface area contributed by atoms with Gasteiger partial charge in [-0.25, -0.2) is 4.72 Å². The largest absolute Gasteiger partial charge is 0.489 e. The van der Waals surface area contributed by atoms with Gasteiger partial charge in [-0.3, -0.25) is 9.59 Å². The number of carbonyl (C=O) groups is 2. The molecule has 3 aromatic carbocycles. The van der Waals surface area contributed by atoms with Crippen molar-refractivity contribution in [2.45, 2.75) is 88.9 Å². The second-order valence-electron chi connectivity index (χ2n) is 16.0. The minimum absolute atomic E-state index is 0.250. The lowest BCUT2D eigenvalue weighted by atomic mass is 9.81. The van der Waals surface area contributed by atoms with Crippen molar-refractivity contribution < 1.29 is 22.7 Å². The summed E-state index contributed by atoms with van der Waals surface area (Å²) in [5.74, 6) is 0.686. The van der Waals surface area contributed by atoms with Gasteiger partial charge in [-0.05, 0) is 105 Å². The van der Waals surface area contributed by atoms with Crippen molar-refractivity contribution in [2.75, 3.05) is 34.2 Å². The summed E-state index contributed by atoms with van der Waals surface area (Å²) in [5, 5.41) is 1.06. The molecule has 2 aliphatic heterocycles. The Bertz CT molecular complexity index is 2090. The molecule has 0 spiro atoms. The summed E-state index contributed by atoms with van der Waals surface area (Å²) in [6.45, 7) is 2.80. The minimum atomic E-state index is -3.99. The van der Waals surface area contributed by atoms with Crippen molar-refractivity contribution >= 4 is 32.9 Å². The Morgan fingerprint density at radius 2 is 1.57 bits per heavy atom. The number of likely N-dealkylation sites (tertiary alicyclic amines) is 1. The highest BCUT2D eigenvalue weighted by Crippen LogP contribution is 2.53. The number of benzene rings is 3. The van der Waals surface area contributed by atoms with E-state index in [1.165, 1.54) is 26.1 Å². The van der Waals surface area contributed by atoms with E-state index in [0.717, 1.165) is 102 Å². The summed E-state index contributed by atoms with van der Waals surface area (Å²) in [6.07, 6.45) is 9.41. The van der Waals surface area contributed by atoms with Crippen LogP contribution in [0, 0.1) is 5.41 Å². The SMILES string of the molecule is CN1CC2CCC(C1)N2C(=O)C1(Cn2c(-c3ccc(OCc4ccccc4)cc3)c(C3CCCCC3)c3ccc(C(=O)NS(=O)(=O)N(C)C)cc32)CC1. The maximum absolute atomic E-state index is 14.7. The summed E-state index contributed by atoms with van der Waals surface area (Å²) >= 11 is 0. The molecular weight excluding hydrogens is 687 g/mol. The third kappa shape index (κ3) is 6.99. The molecule has 2 amide bonds. The fourth-order valence-electron chi connectivity index (χ4n) is 9.13. The highest BCUT2D eigenvalue weighted by molar-refractivity contribution is 7.87. The van der Waals surface area contributed by atoms with Crippen LogP contribution in [0.15, 0.2) is 72.8 Å². The van der Waals surface area contributed by atoms with Crippen molar-refractivity contribution in [2.24, 2.45) is 5.41 Å². The van der Waals surface area contributed by atoms with Crippen LogP contribution >= 0.6 is 0 Å². The zero-order valence-corrected chi connectivity index (χ0v) is 31.9. The second-order valence-corrected chi connectivity index (χ2v) is 17.9. The average Bonchev–Trinajstić information content (AvgIpc) is 3.81. The Kier molecular flexibility index (Phi) is 9.62. The summed E-state index contributed by atoms with van der Waals surface area (Å²) in [6, 6.07) is 24.5. The molecule has 1 aromatic heterocycles. The number of rotatable bonds is 11. The predicted molar refractivity (Wildman–Crippen MR) is 207 cm³/mol. The van der Waals surface area contributed by atoms with E-state index in [-0.39, 0.29) is 23.6 Å². The number of ether oxygens (including phenoxy) is 1. The van der Waals surface area contributed by atoms with E-state index in [1.54, 1.807) is 6.07 Å². The molecule has 4 aliphatic rings. The molecule has 0 radical (unpaired) electrons. The van der Waals surface area contributed by atoms with Crippen LogP contribution in [0.4, 0.5) is 0 Å². The van der Waals surface area contributed by atoms with Crippen LogP contribution in [0.25, 0.3) is 22.2 Å². The predicted octanol–water partition coefficient (Wildman–Crippen LogP) is 6.56. The first-order valence-corrected chi connectivity index (χ1v) is 20.7. The number of hydrogen-bond acceptors (Lipinski definition) is 6. The zero-order chi connectivity index (χ0) is 36.9. The molecular formula is C42H51N5O5S. The van der Waals surface area contributed by atoms with E-state index in [4.69, 9.17) is 4.74 Å². The smallest absolute Gasteiger partial charge is 0.303 e. The third-order valence-electron chi connectivity index (χ3n) is 12.1. The molecule has 2 unspecified atom stereocenters. The summed E-state index contributed by atoms with van der Waals surface area (Å²) in [4.78, 5) is 32.8. The van der Waals surface area contributed by atoms with Gasteiger partial charge in [0.25, 0.3) is 5.91 Å². The van der Waals surface area contributed by atoms with Crippen molar-refractivity contribution in [3.63, 3.8) is 0 Å². The van der Waals surface area contributed by atoms with E-state index >= 15 is 0 Å². The molecule has 4 fully saturated rings. The van der Waals surface area contributed by atoms with Gasteiger partial charge in [0, 0.05) is 62.3 Å². The lowest BCUT2D eigenvalue weighted by Crippen LogP contribution is -2.56. The van der Waals surface area contributed by atoms with Gasteiger partial charge in [-0.15, -0.1) is 0 Å². The normalized spacial score (nSPS) is 21.6. The lowest BCUT2D eigenvalue weighted by molar-refractivity contribution is -0.143. The van der Waals surface area contributed by atoms with Crippen LogP contribution in [0.5, 0.6) is 5.75 Å². The van der Waals surface area contributed by atoms with Crippen LogP contribution in [0.2, 0.25) is 0 Å². The number of nitrogens with zero attached hydrogens (tertiary/aromatic N) is 4. The molecule has 2 bridgehead atoms. The van der Waals surface area contributed by atoms with Gasteiger partial charge in [-0.2, -0.15) is 12.7 Å². The van der Waals surface area contributed by atoms with Gasteiger partial charge in [-0.1, -0.05) is 55.7 Å². The highest BCUT2D eigenvalue weighted by Gasteiger charge is 2.56. The van der Waals surface area contributed by atoms with Crippen molar-refractivity contribution in [1.29, 1.82) is 0 Å². The first-order valence-electron chi connectivity index (χ1n) is 19.2. The van der Waals surface area contributed by atoms with Crippen LogP contribution < -0.4 is 9.46 Å². The molecule has 53 heavy (non-hydrogen) atoms. The van der Waals surface area contributed by atoms with E-state index in [2.05, 4.69) is 50.4 Å². The third-order valence-corrected chi connectivity index (χ3v) is 13.5. The van der Waals surface area contributed by atoms with Crippen LogP contribution in [0.3, 0.4) is 0 Å². The quantitative estimate of drug-likeness (QED) is 0.187. The van der Waals surface area contributed by atoms with Crippen molar-refractivity contribution in [1.82, 2.24) is 23.4 Å². The van der Waals surface area contributed by atoms with Crippen LogP contribution in [-0.2, 0) is 28.2 Å². The summed E-state index contributed by atoms with van der Waals surface area (Å²) < 4.78 is 37.1. The number of aromatic nitrogens is 1. The number of amides is 2. The van der Waals surface area contributed by atoms with E-state index < -0.39 is 21.5 Å². The number of carbonyl (C=O) groups excluding carboxylic acids is 2. The molecule has 11 heteroatoms. The van der Waals surface area contributed by atoms with E-state index in [1.807, 2.05) is 42.5 Å². The maximum atomic E-state index is 14.7. The second kappa shape index (κ2) is 14.2. The molecule has 10 nitrogen and oxygen atoms in total. The molecule has 280 valence electrons. The molecule has 2 aliphatic carbocycles. The summed E-state index contributed by atoms with van der Waals surface area (Å²) in [5.41, 5.74) is 5.09. The van der Waals surface area contributed by atoms with Gasteiger partial charge < -0.3 is 19.1 Å². The van der Waals surface area contributed by atoms with Gasteiger partial charge in [0.05, 0.1) is 11.1 Å². The molecule has 3 heterocycles. The number of piperazine rings is 1. The maximum Gasteiger partial charge on any atom is 0.303 e. The molecule has 4 aromatic rings. The van der Waals surface area contributed by atoms with Gasteiger partial charge >= 0.3 is 10.2 Å². The van der Waals surface area contributed by atoms with Crippen molar-refractivity contribution in [3.05, 3.63) is 89.5 Å². The Balaban J connectivity index is 1.23. The molecule has 1 N–H and O–H groups in total. The number of nitrogens with one attached hydrogen (secondary N) is 1. The fraction of sp³-hybridized carbons (Fsp3) is 0.476. The minimum Gasteiger partial charge on any atom is -0.489 e. The zero-order valence-electron chi connectivity index (χ0n) is 31.1. The first-order chi connectivity index (χ1) is 25.5. The van der Waals surface area contributed by atoms with E-state index in [9.17, 15) is 18.0 Å². The van der Waals surface area contributed by atoms with Crippen molar-refractivity contribution in [3.8, 4) is 17.0 Å². The van der Waals surface area contributed by atoms with Gasteiger partial charge in [0.15, 0.2) is 0 Å². The molecule has 2 saturated heterocycles. The Labute approximate surface area is 313 Å². The highest BCUT2D eigenvalue weighted by atomic mass is 32.2. The number of likely N-dealkylation sites (N-methyl/N-ethyl adjacent to an activating group) is 1. The Morgan fingerprint density at radius 3 is 2.21 bits per heavy atom. The molecule has 8 rings (SSSR count). The number of fused-ring (bicyclic) bond motifs is 3. The first kappa shape index (κ1) is 35.8. The number of hydrogen-bond donors (Lipinski definition) is 1. The van der Waals surface area contributed by atoms with Gasteiger partial charge in [0.2, 0.25) is 5.91 Å². The van der Waals surface area contributed by atoms with Gasteiger partial charge in [0.1, 0.15) is 12.4 Å². The average molecular weight is 738 g/mol. The van der Waals surface area contributed by atoms with Crippen LogP contribution in [0.1, 0.15) is 85.2 Å². The Morgan fingerprint density at radius 1 is 0.887 bits per heavy atom. The standard InChI is InChI=1S/C42H51N5O5S/c1-44(2)53(50,51)43-40(48)32-16-21-36-37(24-32)46(28-42(22-23-42)41(49)47-33-17-18-34(47)26-45(3)25-33)39(38(36)30-12-8-5-9-13-30)31-14-19-35(20-15-31)52-27-29-10-6-4-7-11-29/h4,6-7,10-11,14-16,19-21,24,30,33-34H,5,8-9,12-13,17-18,22-23,25-28H2,1-3H3,(H,43,48). The lowest BCUT2D eigenvalue weighted by Gasteiger charge is -2.41. The summed E-state index contributed by atoms with van der Waals surface area (Å²) in [7, 11) is 0.949. The Hall–Kier alpha value is -4.19. The van der Waals surface area contributed by atoms with Crippen LogP contribution in [-0.4, -0.2) is 85.2 Å².